The monoisotopic (exact) mass is 230 g/mol. The summed E-state index contributed by atoms with van der Waals surface area (Å²) < 4.78 is 2.01. The lowest BCUT2D eigenvalue weighted by Crippen LogP contribution is -2.28. The van der Waals surface area contributed by atoms with Crippen LogP contribution in [0.1, 0.15) is 25.2 Å². The average Bonchev–Trinajstić information content (AvgIpc) is 2.77. The molecule has 3 nitrogen and oxygen atoms in total. The summed E-state index contributed by atoms with van der Waals surface area (Å²) in [6.07, 6.45) is 4.56. The summed E-state index contributed by atoms with van der Waals surface area (Å²) in [6, 6.07) is 9.73. The number of rotatable bonds is 4. The molecule has 0 saturated heterocycles. The van der Waals surface area contributed by atoms with Crippen LogP contribution in [0.5, 0.6) is 0 Å². The Bertz CT molecular complexity index is 474. The van der Waals surface area contributed by atoms with Crippen molar-refractivity contribution in [1.29, 1.82) is 0 Å². The van der Waals surface area contributed by atoms with Crippen LogP contribution >= 0.6 is 0 Å². The van der Waals surface area contributed by atoms with E-state index in [1.165, 1.54) is 0 Å². The van der Waals surface area contributed by atoms with Crippen LogP contribution in [0.3, 0.4) is 0 Å². The number of hydrogen-bond donors (Lipinski definition) is 1. The summed E-state index contributed by atoms with van der Waals surface area (Å²) in [4.78, 5) is 4.26. The van der Waals surface area contributed by atoms with Gasteiger partial charge < -0.3 is 9.67 Å². The van der Waals surface area contributed by atoms with Crippen LogP contribution in [0.25, 0.3) is 0 Å². The first-order valence-electron chi connectivity index (χ1n) is 5.91. The molecule has 0 fully saturated rings. The highest BCUT2D eigenvalue weighted by Crippen LogP contribution is 2.22. The topological polar surface area (TPSA) is 38.0 Å². The first-order chi connectivity index (χ1) is 8.13. The van der Waals surface area contributed by atoms with Gasteiger partial charge in [-0.3, -0.25) is 0 Å². The van der Waals surface area contributed by atoms with Gasteiger partial charge in [0.05, 0.1) is 6.54 Å². The van der Waals surface area contributed by atoms with Crippen LogP contribution < -0.4 is 0 Å². The molecule has 1 unspecified atom stereocenters. The van der Waals surface area contributed by atoms with E-state index < -0.39 is 5.60 Å². The quantitative estimate of drug-likeness (QED) is 0.875. The third-order valence-corrected chi connectivity index (χ3v) is 2.99. The van der Waals surface area contributed by atoms with E-state index in [0.29, 0.717) is 6.54 Å². The molecule has 0 amide bonds. The van der Waals surface area contributed by atoms with Gasteiger partial charge >= 0.3 is 0 Å². The fraction of sp³-hybridized carbons (Fsp3) is 0.357. The molecule has 3 heteroatoms. The summed E-state index contributed by atoms with van der Waals surface area (Å²) in [7, 11) is 0. The van der Waals surface area contributed by atoms with E-state index in [2.05, 4.69) is 11.9 Å². The van der Waals surface area contributed by atoms with E-state index in [4.69, 9.17) is 0 Å². The van der Waals surface area contributed by atoms with Crippen LogP contribution in [-0.4, -0.2) is 14.7 Å². The molecule has 1 atom stereocenters. The molecule has 2 aromatic rings. The molecule has 1 heterocycles. The molecule has 1 aromatic carbocycles. The zero-order valence-electron chi connectivity index (χ0n) is 10.3. The fourth-order valence-electron chi connectivity index (χ4n) is 2.02. The van der Waals surface area contributed by atoms with Crippen LogP contribution in [-0.2, 0) is 18.6 Å². The van der Waals surface area contributed by atoms with Crippen LogP contribution in [0.4, 0.5) is 0 Å². The molecule has 0 saturated carbocycles. The Labute approximate surface area is 102 Å². The Morgan fingerprint density at radius 1 is 1.29 bits per heavy atom. The minimum Gasteiger partial charge on any atom is -0.384 e. The molecule has 0 aliphatic rings. The van der Waals surface area contributed by atoms with Gasteiger partial charge in [-0.25, -0.2) is 4.98 Å². The second-order valence-corrected chi connectivity index (χ2v) is 4.46. The van der Waals surface area contributed by atoms with Crippen molar-refractivity contribution in [3.63, 3.8) is 0 Å². The minimum absolute atomic E-state index is 0.528. The highest BCUT2D eigenvalue weighted by molar-refractivity contribution is 5.21. The third-order valence-electron chi connectivity index (χ3n) is 2.99. The lowest BCUT2D eigenvalue weighted by molar-refractivity contribution is 0.0375. The van der Waals surface area contributed by atoms with Gasteiger partial charge in [-0.05, 0) is 12.5 Å². The Kier molecular flexibility index (Phi) is 3.29. The molecule has 0 aliphatic heterocycles. The van der Waals surface area contributed by atoms with Crippen LogP contribution in [0.2, 0.25) is 0 Å². The van der Waals surface area contributed by atoms with E-state index >= 15 is 0 Å². The molecule has 0 bridgehead atoms. The van der Waals surface area contributed by atoms with Gasteiger partial charge in [-0.15, -0.1) is 0 Å². The summed E-state index contributed by atoms with van der Waals surface area (Å²) in [5.74, 6) is 1.00. The smallest absolute Gasteiger partial charge is 0.108 e. The summed E-state index contributed by atoms with van der Waals surface area (Å²) in [6.45, 7) is 4.43. The van der Waals surface area contributed by atoms with Crippen molar-refractivity contribution in [3.05, 3.63) is 54.1 Å². The molecule has 90 valence electrons. The molecule has 0 spiro atoms. The van der Waals surface area contributed by atoms with Gasteiger partial charge in [0, 0.05) is 18.8 Å². The van der Waals surface area contributed by atoms with E-state index in [1.807, 2.05) is 48.0 Å². The Morgan fingerprint density at radius 2 is 2.00 bits per heavy atom. The van der Waals surface area contributed by atoms with Gasteiger partial charge in [0.15, 0.2) is 0 Å². The van der Waals surface area contributed by atoms with Crippen molar-refractivity contribution in [1.82, 2.24) is 9.55 Å². The second kappa shape index (κ2) is 4.72. The molecular formula is C14H18N2O. The molecule has 17 heavy (non-hydrogen) atoms. The van der Waals surface area contributed by atoms with Crippen molar-refractivity contribution in [3.8, 4) is 0 Å². The van der Waals surface area contributed by atoms with Crippen LogP contribution in [0.15, 0.2) is 42.7 Å². The zero-order valence-corrected chi connectivity index (χ0v) is 10.3. The molecule has 2 rings (SSSR count). The third kappa shape index (κ3) is 2.56. The van der Waals surface area contributed by atoms with Crippen molar-refractivity contribution >= 4 is 0 Å². The number of aromatic nitrogens is 2. The number of aliphatic hydroxyl groups is 1. The predicted molar refractivity (Wildman–Crippen MR) is 67.6 cm³/mol. The van der Waals surface area contributed by atoms with Crippen LogP contribution in [0, 0.1) is 0 Å². The number of benzene rings is 1. The first-order valence-corrected chi connectivity index (χ1v) is 5.91. The van der Waals surface area contributed by atoms with E-state index in [9.17, 15) is 5.11 Å². The number of hydrogen-bond acceptors (Lipinski definition) is 2. The number of imidazole rings is 1. The zero-order chi connectivity index (χ0) is 12.3. The maximum atomic E-state index is 10.5. The molecule has 1 aromatic heterocycles. The summed E-state index contributed by atoms with van der Waals surface area (Å²) >= 11 is 0. The minimum atomic E-state index is -0.869. The van der Waals surface area contributed by atoms with Gasteiger partial charge in [0.25, 0.3) is 0 Å². The van der Waals surface area contributed by atoms with Crippen molar-refractivity contribution in [2.75, 3.05) is 0 Å². The lowest BCUT2D eigenvalue weighted by atomic mass is 9.96. The average molecular weight is 230 g/mol. The molecular weight excluding hydrogens is 212 g/mol. The van der Waals surface area contributed by atoms with Gasteiger partial charge in [-0.2, -0.15) is 0 Å². The Hall–Kier alpha value is -1.61. The lowest BCUT2D eigenvalue weighted by Gasteiger charge is -2.25. The Morgan fingerprint density at radius 3 is 2.65 bits per heavy atom. The van der Waals surface area contributed by atoms with E-state index in [1.54, 1.807) is 6.20 Å². The fourth-order valence-corrected chi connectivity index (χ4v) is 2.02. The van der Waals surface area contributed by atoms with Gasteiger partial charge in [0.1, 0.15) is 11.4 Å². The summed E-state index contributed by atoms with van der Waals surface area (Å²) in [5, 5.41) is 10.5. The SMILES string of the molecule is CCc1nccn1CC(C)(O)c1ccccc1. The van der Waals surface area contributed by atoms with Crippen molar-refractivity contribution < 1.29 is 5.11 Å². The summed E-state index contributed by atoms with van der Waals surface area (Å²) in [5.41, 5.74) is 0.0575. The number of aryl methyl sites for hydroxylation is 1. The maximum absolute atomic E-state index is 10.5. The highest BCUT2D eigenvalue weighted by Gasteiger charge is 2.24. The number of nitrogens with zero attached hydrogens (tertiary/aromatic N) is 2. The predicted octanol–water partition coefficient (Wildman–Crippen LogP) is 2.35. The van der Waals surface area contributed by atoms with Crippen molar-refractivity contribution in [2.45, 2.75) is 32.4 Å². The largest absolute Gasteiger partial charge is 0.384 e. The maximum Gasteiger partial charge on any atom is 0.108 e. The first kappa shape index (κ1) is 11.9. The second-order valence-electron chi connectivity index (χ2n) is 4.46. The highest BCUT2D eigenvalue weighted by atomic mass is 16.3. The van der Waals surface area contributed by atoms with Gasteiger partial charge in [-0.1, -0.05) is 37.3 Å². The Balaban J connectivity index is 2.23. The van der Waals surface area contributed by atoms with E-state index in [-0.39, 0.29) is 0 Å². The molecule has 0 aliphatic carbocycles. The van der Waals surface area contributed by atoms with Crippen molar-refractivity contribution in [2.24, 2.45) is 0 Å². The molecule has 0 radical (unpaired) electrons. The normalized spacial score (nSPS) is 14.5. The van der Waals surface area contributed by atoms with Gasteiger partial charge in [0.2, 0.25) is 0 Å². The van der Waals surface area contributed by atoms with E-state index in [0.717, 1.165) is 17.8 Å². The standard InChI is InChI=1S/C14H18N2O/c1-3-13-15-9-10-16(13)11-14(2,17)12-7-5-4-6-8-12/h4-10,17H,3,11H2,1-2H3. The molecule has 1 N–H and O–H groups in total.